The maximum Gasteiger partial charge on any atom is 0.129 e. The van der Waals surface area contributed by atoms with E-state index in [1.165, 1.54) is 0 Å². The van der Waals surface area contributed by atoms with Gasteiger partial charge in [-0.15, -0.1) is 0 Å². The van der Waals surface area contributed by atoms with Crippen molar-refractivity contribution in [1.82, 2.24) is 31.9 Å². The lowest BCUT2D eigenvalue weighted by Crippen LogP contribution is -2.33. The average Bonchev–Trinajstić information content (AvgIpc) is 2.82. The fourth-order valence-electron chi connectivity index (χ4n) is 1.64. The number of hydrazine groups is 3. The third-order valence-corrected chi connectivity index (χ3v) is 2.34. The van der Waals surface area contributed by atoms with Gasteiger partial charge in [-0.25, -0.2) is 20.8 Å². The lowest BCUT2D eigenvalue weighted by molar-refractivity contribution is 0.543. The van der Waals surface area contributed by atoms with Gasteiger partial charge in [0.1, 0.15) is 12.5 Å². The predicted molar refractivity (Wildman–Crippen MR) is 54.8 cm³/mol. The van der Waals surface area contributed by atoms with Gasteiger partial charge in [-0.3, -0.25) is 0 Å². The summed E-state index contributed by atoms with van der Waals surface area (Å²) in [7, 11) is 0. The van der Waals surface area contributed by atoms with Crippen LogP contribution >= 0.6 is 0 Å². The third kappa shape index (κ3) is 1.45. The average molecular weight is 202 g/mol. The van der Waals surface area contributed by atoms with E-state index >= 15 is 0 Å². The zero-order valence-corrected chi connectivity index (χ0v) is 7.86. The number of rotatable bonds is 1. The highest BCUT2D eigenvalue weighted by Crippen LogP contribution is 2.18. The molecule has 0 amide bonds. The van der Waals surface area contributed by atoms with Gasteiger partial charge in [0.2, 0.25) is 0 Å². The largest absolute Gasteiger partial charge is 0.238 e. The molecule has 2 heterocycles. The molecule has 4 N–H and O–H groups in total. The Kier molecular flexibility index (Phi) is 2.04. The van der Waals surface area contributed by atoms with Gasteiger partial charge in [-0.1, -0.05) is 18.2 Å². The molecule has 1 aromatic carbocycles. The van der Waals surface area contributed by atoms with Crippen LogP contribution in [0.2, 0.25) is 0 Å². The van der Waals surface area contributed by atoms with E-state index in [0.717, 1.165) is 16.6 Å². The normalized spacial score (nSPS) is 17.3. The molecule has 0 unspecified atom stereocenters. The Bertz CT molecular complexity index is 473. The second kappa shape index (κ2) is 3.52. The van der Waals surface area contributed by atoms with Crippen LogP contribution in [0.5, 0.6) is 0 Å². The standard InChI is InChI=1S/C9H10N6/c1-2-4-7-6(3-1)8(11-5-10-7)9-12-14-15-13-9/h1-5,9,12-15H. The SMILES string of the molecule is c1ccc2c(C3NNNN3)ncnc2c1. The van der Waals surface area contributed by atoms with Crippen molar-refractivity contribution in [2.24, 2.45) is 0 Å². The quantitative estimate of drug-likeness (QED) is 0.511. The Morgan fingerprint density at radius 2 is 1.80 bits per heavy atom. The summed E-state index contributed by atoms with van der Waals surface area (Å²) in [6.07, 6.45) is 1.51. The highest BCUT2D eigenvalue weighted by Gasteiger charge is 2.18. The first-order valence-corrected chi connectivity index (χ1v) is 4.66. The fourth-order valence-corrected chi connectivity index (χ4v) is 1.64. The van der Waals surface area contributed by atoms with Gasteiger partial charge in [-0.2, -0.15) is 11.1 Å². The molecule has 15 heavy (non-hydrogen) atoms. The Morgan fingerprint density at radius 3 is 2.67 bits per heavy atom. The molecule has 6 nitrogen and oxygen atoms in total. The minimum atomic E-state index is -0.0575. The first-order valence-electron chi connectivity index (χ1n) is 4.66. The van der Waals surface area contributed by atoms with Gasteiger partial charge in [0.15, 0.2) is 0 Å². The number of benzene rings is 1. The zero-order valence-electron chi connectivity index (χ0n) is 7.86. The van der Waals surface area contributed by atoms with Crippen LogP contribution in [0.1, 0.15) is 11.9 Å². The first kappa shape index (κ1) is 8.69. The Labute approximate surface area is 86.0 Å². The maximum atomic E-state index is 4.27. The number of hydrogen-bond donors (Lipinski definition) is 4. The van der Waals surface area contributed by atoms with Gasteiger partial charge in [0, 0.05) is 5.39 Å². The van der Waals surface area contributed by atoms with Crippen molar-refractivity contribution in [3.63, 3.8) is 0 Å². The van der Waals surface area contributed by atoms with Crippen LogP contribution in [0.3, 0.4) is 0 Å². The molecule has 1 saturated heterocycles. The van der Waals surface area contributed by atoms with Crippen molar-refractivity contribution in [3.05, 3.63) is 36.3 Å². The second-order valence-electron chi connectivity index (χ2n) is 3.25. The van der Waals surface area contributed by atoms with E-state index < -0.39 is 0 Å². The van der Waals surface area contributed by atoms with Gasteiger partial charge in [0.05, 0.1) is 11.2 Å². The smallest absolute Gasteiger partial charge is 0.129 e. The number of fused-ring (bicyclic) bond motifs is 1. The molecular formula is C9H10N6. The van der Waals surface area contributed by atoms with E-state index in [-0.39, 0.29) is 6.17 Å². The highest BCUT2D eigenvalue weighted by atomic mass is 15.8. The lowest BCUT2D eigenvalue weighted by Gasteiger charge is -2.10. The Morgan fingerprint density at radius 1 is 1.00 bits per heavy atom. The summed E-state index contributed by atoms with van der Waals surface area (Å²) < 4.78 is 0. The summed E-state index contributed by atoms with van der Waals surface area (Å²) >= 11 is 0. The summed E-state index contributed by atoms with van der Waals surface area (Å²) in [6.45, 7) is 0. The van der Waals surface area contributed by atoms with Crippen molar-refractivity contribution in [3.8, 4) is 0 Å². The summed E-state index contributed by atoms with van der Waals surface area (Å²) in [5.74, 6) is 0. The van der Waals surface area contributed by atoms with Crippen molar-refractivity contribution in [1.29, 1.82) is 0 Å². The lowest BCUT2D eigenvalue weighted by atomic mass is 10.1. The minimum Gasteiger partial charge on any atom is -0.238 e. The van der Waals surface area contributed by atoms with E-state index in [1.54, 1.807) is 6.33 Å². The monoisotopic (exact) mass is 202 g/mol. The van der Waals surface area contributed by atoms with Crippen molar-refractivity contribution in [2.75, 3.05) is 0 Å². The molecule has 0 radical (unpaired) electrons. The van der Waals surface area contributed by atoms with Crippen LogP contribution in [0.25, 0.3) is 10.9 Å². The summed E-state index contributed by atoms with van der Waals surface area (Å²) in [5, 5.41) is 1.04. The van der Waals surface area contributed by atoms with Gasteiger partial charge in [0.25, 0.3) is 0 Å². The molecular weight excluding hydrogens is 192 g/mol. The second-order valence-corrected chi connectivity index (χ2v) is 3.25. The molecule has 0 spiro atoms. The fraction of sp³-hybridized carbons (Fsp3) is 0.111. The molecule has 0 saturated carbocycles. The van der Waals surface area contributed by atoms with Crippen molar-refractivity contribution >= 4 is 10.9 Å². The summed E-state index contributed by atoms with van der Waals surface area (Å²) in [6, 6.07) is 7.92. The van der Waals surface area contributed by atoms with Gasteiger partial charge < -0.3 is 0 Å². The molecule has 3 rings (SSSR count). The molecule has 6 heteroatoms. The molecule has 0 atom stereocenters. The van der Waals surface area contributed by atoms with Crippen LogP contribution in [-0.2, 0) is 0 Å². The van der Waals surface area contributed by atoms with Gasteiger partial charge in [-0.05, 0) is 6.07 Å². The van der Waals surface area contributed by atoms with E-state index in [9.17, 15) is 0 Å². The Balaban J connectivity index is 2.16. The van der Waals surface area contributed by atoms with E-state index in [4.69, 9.17) is 0 Å². The zero-order chi connectivity index (χ0) is 10.1. The molecule has 0 bridgehead atoms. The predicted octanol–water partition coefficient (Wildman–Crippen LogP) is -0.255. The summed E-state index contributed by atoms with van der Waals surface area (Å²) in [4.78, 5) is 8.48. The molecule has 1 fully saturated rings. The number of hydrogen-bond acceptors (Lipinski definition) is 6. The third-order valence-electron chi connectivity index (χ3n) is 2.34. The number of nitrogens with zero attached hydrogens (tertiary/aromatic N) is 2. The minimum absolute atomic E-state index is 0.0575. The maximum absolute atomic E-state index is 4.27. The molecule has 0 aliphatic carbocycles. The van der Waals surface area contributed by atoms with Crippen LogP contribution in [0.15, 0.2) is 30.6 Å². The molecule has 1 aliphatic heterocycles. The van der Waals surface area contributed by atoms with Crippen LogP contribution in [0, 0.1) is 0 Å². The topological polar surface area (TPSA) is 73.9 Å². The van der Waals surface area contributed by atoms with E-state index in [2.05, 4.69) is 31.9 Å². The molecule has 1 aromatic heterocycles. The van der Waals surface area contributed by atoms with Gasteiger partial charge >= 0.3 is 0 Å². The van der Waals surface area contributed by atoms with Crippen molar-refractivity contribution < 1.29 is 0 Å². The highest BCUT2D eigenvalue weighted by molar-refractivity contribution is 5.80. The molecule has 1 aliphatic rings. The molecule has 2 aromatic rings. The van der Waals surface area contributed by atoms with Crippen molar-refractivity contribution in [2.45, 2.75) is 6.17 Å². The molecule has 76 valence electrons. The Hall–Kier alpha value is -1.60. The first-order chi connectivity index (χ1) is 7.45. The number of aromatic nitrogens is 2. The van der Waals surface area contributed by atoms with E-state index in [0.29, 0.717) is 0 Å². The van der Waals surface area contributed by atoms with Crippen LogP contribution in [-0.4, -0.2) is 9.97 Å². The van der Waals surface area contributed by atoms with Crippen LogP contribution < -0.4 is 21.9 Å². The van der Waals surface area contributed by atoms with Crippen LogP contribution in [0.4, 0.5) is 0 Å². The number of nitrogens with one attached hydrogen (secondary N) is 4. The summed E-state index contributed by atoms with van der Waals surface area (Å²) in [5.41, 5.74) is 13.4. The van der Waals surface area contributed by atoms with E-state index in [1.807, 2.05) is 24.3 Å². The number of para-hydroxylation sites is 1.